The minimum atomic E-state index is -0.914. The van der Waals surface area contributed by atoms with Gasteiger partial charge < -0.3 is 5.11 Å². The fourth-order valence-electron chi connectivity index (χ4n) is 1.80. The summed E-state index contributed by atoms with van der Waals surface area (Å²) in [7, 11) is 0. The van der Waals surface area contributed by atoms with E-state index >= 15 is 0 Å². The number of carboxylic acid groups (broad SMARTS) is 1. The lowest BCUT2D eigenvalue weighted by Gasteiger charge is -2.27. The van der Waals surface area contributed by atoms with E-state index in [9.17, 15) is 14.9 Å². The molecule has 1 aromatic rings. The van der Waals surface area contributed by atoms with E-state index in [0.29, 0.717) is 12.1 Å². The molecule has 0 saturated heterocycles. The van der Waals surface area contributed by atoms with Crippen molar-refractivity contribution in [3.63, 3.8) is 0 Å². The zero-order chi connectivity index (χ0) is 15.3. The van der Waals surface area contributed by atoms with Gasteiger partial charge in [0.05, 0.1) is 16.5 Å². The number of nitro benzene ring substituents is 1. The standard InChI is InChI=1S/C13H17ClN2O4/c1-3-9(2)15(8-13(17)18)7-10-4-5-11(16(19)20)6-12(10)14/h4-6,9H,3,7-8H2,1-2H3,(H,17,18). The van der Waals surface area contributed by atoms with Crippen molar-refractivity contribution in [2.45, 2.75) is 32.9 Å². The molecule has 1 atom stereocenters. The second-order valence-electron chi connectivity index (χ2n) is 4.59. The molecular weight excluding hydrogens is 284 g/mol. The average molecular weight is 301 g/mol. The van der Waals surface area contributed by atoms with Gasteiger partial charge in [0.15, 0.2) is 0 Å². The molecule has 1 N–H and O–H groups in total. The lowest BCUT2D eigenvalue weighted by molar-refractivity contribution is -0.384. The molecule has 0 saturated carbocycles. The van der Waals surface area contributed by atoms with Gasteiger partial charge in [0.2, 0.25) is 0 Å². The van der Waals surface area contributed by atoms with E-state index in [1.807, 2.05) is 13.8 Å². The fraction of sp³-hybridized carbons (Fsp3) is 0.462. The molecule has 0 radical (unpaired) electrons. The van der Waals surface area contributed by atoms with Gasteiger partial charge in [-0.25, -0.2) is 0 Å². The topological polar surface area (TPSA) is 83.7 Å². The third-order valence-corrected chi connectivity index (χ3v) is 3.53. The number of carbonyl (C=O) groups is 1. The van der Waals surface area contributed by atoms with Crippen molar-refractivity contribution in [3.05, 3.63) is 38.9 Å². The second kappa shape index (κ2) is 7.21. The number of nitrogens with zero attached hydrogens (tertiary/aromatic N) is 2. The minimum absolute atomic E-state index is 0.0768. The SMILES string of the molecule is CCC(C)N(CC(=O)O)Cc1ccc([N+](=O)[O-])cc1Cl. The molecular formula is C13H17ClN2O4. The number of nitro groups is 1. The Bertz CT molecular complexity index is 507. The summed E-state index contributed by atoms with van der Waals surface area (Å²) in [5, 5.41) is 19.8. The third kappa shape index (κ3) is 4.47. The highest BCUT2D eigenvalue weighted by molar-refractivity contribution is 6.31. The number of aliphatic carboxylic acids is 1. The molecule has 0 aliphatic rings. The van der Waals surface area contributed by atoms with Crippen LogP contribution in [-0.2, 0) is 11.3 Å². The molecule has 0 aliphatic heterocycles. The van der Waals surface area contributed by atoms with E-state index in [1.165, 1.54) is 12.1 Å². The number of hydrogen-bond donors (Lipinski definition) is 1. The van der Waals surface area contributed by atoms with Crippen LogP contribution in [0.2, 0.25) is 5.02 Å². The Hall–Kier alpha value is -1.66. The van der Waals surface area contributed by atoms with Crippen LogP contribution in [0.5, 0.6) is 0 Å². The molecule has 0 aromatic heterocycles. The lowest BCUT2D eigenvalue weighted by Crippen LogP contribution is -2.36. The van der Waals surface area contributed by atoms with Crippen LogP contribution in [0.1, 0.15) is 25.8 Å². The summed E-state index contributed by atoms with van der Waals surface area (Å²) in [6.45, 7) is 4.15. The molecule has 0 amide bonds. The van der Waals surface area contributed by atoms with Crippen molar-refractivity contribution in [3.8, 4) is 0 Å². The predicted molar refractivity (Wildman–Crippen MR) is 75.9 cm³/mol. The maximum atomic E-state index is 10.9. The number of hydrogen-bond acceptors (Lipinski definition) is 4. The van der Waals surface area contributed by atoms with Gasteiger partial charge in [-0.3, -0.25) is 19.8 Å². The van der Waals surface area contributed by atoms with Crippen LogP contribution in [-0.4, -0.2) is 33.5 Å². The zero-order valence-corrected chi connectivity index (χ0v) is 12.1. The molecule has 1 rings (SSSR count). The average Bonchev–Trinajstić information content (AvgIpc) is 2.38. The van der Waals surface area contributed by atoms with Crippen LogP contribution < -0.4 is 0 Å². The summed E-state index contributed by atoms with van der Waals surface area (Å²) in [4.78, 5) is 22.8. The van der Waals surface area contributed by atoms with E-state index in [4.69, 9.17) is 16.7 Å². The normalized spacial score (nSPS) is 12.4. The fourth-order valence-corrected chi connectivity index (χ4v) is 2.03. The van der Waals surface area contributed by atoms with E-state index in [1.54, 1.807) is 11.0 Å². The number of halogens is 1. The molecule has 7 heteroatoms. The summed E-state index contributed by atoms with van der Waals surface area (Å²) in [6.07, 6.45) is 0.803. The predicted octanol–water partition coefficient (Wildman–Crippen LogP) is 2.93. The van der Waals surface area contributed by atoms with Gasteiger partial charge in [0.1, 0.15) is 0 Å². The summed E-state index contributed by atoms with van der Waals surface area (Å²) < 4.78 is 0. The summed E-state index contributed by atoms with van der Waals surface area (Å²) in [5.41, 5.74) is 0.603. The van der Waals surface area contributed by atoms with Crippen molar-refractivity contribution >= 4 is 23.3 Å². The Morgan fingerprint density at radius 3 is 2.65 bits per heavy atom. The largest absolute Gasteiger partial charge is 0.480 e. The first-order chi connectivity index (χ1) is 9.35. The van der Waals surface area contributed by atoms with Crippen LogP contribution in [0.25, 0.3) is 0 Å². The lowest BCUT2D eigenvalue weighted by atomic mass is 10.1. The van der Waals surface area contributed by atoms with Crippen LogP contribution in [0.3, 0.4) is 0 Å². The van der Waals surface area contributed by atoms with Gasteiger partial charge in [-0.05, 0) is 25.0 Å². The highest BCUT2D eigenvalue weighted by Gasteiger charge is 2.18. The zero-order valence-electron chi connectivity index (χ0n) is 11.4. The Labute approximate surface area is 122 Å². The molecule has 0 fully saturated rings. The van der Waals surface area contributed by atoms with Crippen molar-refractivity contribution < 1.29 is 14.8 Å². The van der Waals surface area contributed by atoms with Crippen molar-refractivity contribution in [1.82, 2.24) is 4.90 Å². The minimum Gasteiger partial charge on any atom is -0.480 e. The number of rotatable bonds is 7. The maximum Gasteiger partial charge on any atom is 0.317 e. The number of carboxylic acids is 1. The molecule has 20 heavy (non-hydrogen) atoms. The van der Waals surface area contributed by atoms with Crippen LogP contribution in [0.4, 0.5) is 5.69 Å². The second-order valence-corrected chi connectivity index (χ2v) is 5.00. The van der Waals surface area contributed by atoms with Crippen molar-refractivity contribution in [2.24, 2.45) is 0 Å². The number of benzene rings is 1. The highest BCUT2D eigenvalue weighted by Crippen LogP contribution is 2.24. The molecule has 1 unspecified atom stereocenters. The monoisotopic (exact) mass is 300 g/mol. The van der Waals surface area contributed by atoms with Gasteiger partial charge in [-0.2, -0.15) is 0 Å². The first-order valence-corrected chi connectivity index (χ1v) is 6.61. The Morgan fingerprint density at radius 1 is 1.55 bits per heavy atom. The molecule has 0 bridgehead atoms. The third-order valence-electron chi connectivity index (χ3n) is 3.17. The Morgan fingerprint density at radius 2 is 2.20 bits per heavy atom. The molecule has 6 nitrogen and oxygen atoms in total. The Balaban J connectivity index is 2.93. The first-order valence-electron chi connectivity index (χ1n) is 6.23. The summed E-state index contributed by atoms with van der Waals surface area (Å²) >= 11 is 6.02. The molecule has 0 spiro atoms. The van der Waals surface area contributed by atoms with Gasteiger partial charge in [0, 0.05) is 24.7 Å². The molecule has 1 aromatic carbocycles. The van der Waals surface area contributed by atoms with E-state index < -0.39 is 10.9 Å². The van der Waals surface area contributed by atoms with Crippen LogP contribution in [0, 0.1) is 10.1 Å². The highest BCUT2D eigenvalue weighted by atomic mass is 35.5. The van der Waals surface area contributed by atoms with Gasteiger partial charge in [-0.1, -0.05) is 18.5 Å². The van der Waals surface area contributed by atoms with Crippen LogP contribution in [0.15, 0.2) is 18.2 Å². The van der Waals surface area contributed by atoms with Gasteiger partial charge >= 0.3 is 5.97 Å². The van der Waals surface area contributed by atoms with E-state index in [2.05, 4.69) is 0 Å². The Kier molecular flexibility index (Phi) is 5.91. The summed E-state index contributed by atoms with van der Waals surface area (Å²) in [5.74, 6) is -0.914. The number of non-ortho nitro benzene ring substituents is 1. The van der Waals surface area contributed by atoms with Crippen molar-refractivity contribution in [1.29, 1.82) is 0 Å². The van der Waals surface area contributed by atoms with Crippen molar-refractivity contribution in [2.75, 3.05) is 6.54 Å². The molecule has 0 aliphatic carbocycles. The van der Waals surface area contributed by atoms with Gasteiger partial charge in [0.25, 0.3) is 5.69 Å². The smallest absolute Gasteiger partial charge is 0.317 e. The maximum absolute atomic E-state index is 10.9. The molecule has 110 valence electrons. The first kappa shape index (κ1) is 16.4. The summed E-state index contributed by atoms with van der Waals surface area (Å²) in [6, 6.07) is 4.30. The molecule has 0 heterocycles. The van der Waals surface area contributed by atoms with Crippen LogP contribution >= 0.6 is 11.6 Å². The van der Waals surface area contributed by atoms with Gasteiger partial charge in [-0.15, -0.1) is 0 Å². The van der Waals surface area contributed by atoms with E-state index in [0.717, 1.165) is 6.42 Å². The van der Waals surface area contributed by atoms with E-state index in [-0.39, 0.29) is 23.3 Å². The quantitative estimate of drug-likeness (QED) is 0.618.